The summed E-state index contributed by atoms with van der Waals surface area (Å²) >= 11 is 5.80. The average Bonchev–Trinajstić information content (AvgIpc) is 2.81. The number of aromatic nitrogens is 4. The third kappa shape index (κ3) is 6.79. The monoisotopic (exact) mass is 504 g/mol. The van der Waals surface area contributed by atoms with Gasteiger partial charge in [-0.15, -0.1) is 0 Å². The SMILES string of the molecule is CC[C@@H](COc1cn[nH]c(=O)c1C(F)(F)F)OCCC(=O)N1CCN(c2ncc(Cl)cn2)CC1. The van der Waals surface area contributed by atoms with E-state index in [4.69, 9.17) is 21.1 Å². The fourth-order valence-corrected chi connectivity index (χ4v) is 3.42. The van der Waals surface area contributed by atoms with Gasteiger partial charge in [0.25, 0.3) is 5.56 Å². The average molecular weight is 505 g/mol. The summed E-state index contributed by atoms with van der Waals surface area (Å²) in [5.41, 5.74) is -2.83. The first-order valence-corrected chi connectivity index (χ1v) is 11.0. The summed E-state index contributed by atoms with van der Waals surface area (Å²) in [5.74, 6) is -0.211. The zero-order valence-corrected chi connectivity index (χ0v) is 19.1. The van der Waals surface area contributed by atoms with Gasteiger partial charge < -0.3 is 19.3 Å². The first-order valence-electron chi connectivity index (χ1n) is 10.6. The Morgan fingerprint density at radius 2 is 1.88 bits per heavy atom. The van der Waals surface area contributed by atoms with E-state index in [0.29, 0.717) is 43.6 Å². The molecule has 2 aromatic heterocycles. The number of carbonyl (C=O) groups is 1. The van der Waals surface area contributed by atoms with Crippen molar-refractivity contribution in [1.82, 2.24) is 25.1 Å². The van der Waals surface area contributed by atoms with Gasteiger partial charge in [-0.3, -0.25) is 9.59 Å². The quantitative estimate of drug-likeness (QED) is 0.552. The smallest absolute Gasteiger partial charge is 0.425 e. The molecule has 0 radical (unpaired) electrons. The van der Waals surface area contributed by atoms with Gasteiger partial charge in [-0.05, 0) is 6.42 Å². The van der Waals surface area contributed by atoms with Gasteiger partial charge in [0.1, 0.15) is 6.61 Å². The second kappa shape index (κ2) is 11.5. The Hall–Kier alpha value is -2.93. The summed E-state index contributed by atoms with van der Waals surface area (Å²) in [6.45, 7) is 3.78. The Balaban J connectivity index is 1.43. The van der Waals surface area contributed by atoms with Crippen LogP contribution >= 0.6 is 11.6 Å². The highest BCUT2D eigenvalue weighted by atomic mass is 35.5. The van der Waals surface area contributed by atoms with Crippen molar-refractivity contribution in [2.24, 2.45) is 0 Å². The molecule has 10 nitrogen and oxygen atoms in total. The molecule has 1 amide bonds. The molecule has 1 saturated heterocycles. The number of H-pyrrole nitrogens is 1. The lowest BCUT2D eigenvalue weighted by Gasteiger charge is -2.34. The van der Waals surface area contributed by atoms with Gasteiger partial charge in [-0.25, -0.2) is 15.1 Å². The highest BCUT2D eigenvalue weighted by Gasteiger charge is 2.38. The molecule has 34 heavy (non-hydrogen) atoms. The first-order chi connectivity index (χ1) is 16.2. The van der Waals surface area contributed by atoms with Gasteiger partial charge >= 0.3 is 6.18 Å². The molecule has 0 unspecified atom stereocenters. The summed E-state index contributed by atoms with van der Waals surface area (Å²) < 4.78 is 50.1. The number of carbonyl (C=O) groups excluding carboxylic acids is 1. The Morgan fingerprint density at radius 1 is 1.21 bits per heavy atom. The van der Waals surface area contributed by atoms with Crippen LogP contribution in [-0.4, -0.2) is 76.5 Å². The van der Waals surface area contributed by atoms with Crippen LogP contribution in [0.25, 0.3) is 0 Å². The van der Waals surface area contributed by atoms with Crippen molar-refractivity contribution < 1.29 is 27.4 Å². The van der Waals surface area contributed by atoms with Crippen LogP contribution in [-0.2, 0) is 15.7 Å². The minimum atomic E-state index is -4.88. The molecule has 0 bridgehead atoms. The standard InChI is InChI=1S/C20H24ClF3N6O4/c1-2-14(12-34-15-11-27-28-18(32)17(15)20(22,23)24)33-8-3-16(31)29-4-6-30(7-5-29)19-25-9-13(21)10-26-19/h9-11,14H,2-8,12H2,1H3,(H,28,32)/t14-/m0/s1. The molecular formula is C20H24ClF3N6O4. The number of anilines is 1. The molecule has 3 rings (SSSR count). The summed E-state index contributed by atoms with van der Waals surface area (Å²) in [5, 5.41) is 5.55. The summed E-state index contributed by atoms with van der Waals surface area (Å²) in [4.78, 5) is 36.0. The molecule has 2 aromatic rings. The molecule has 1 atom stereocenters. The summed E-state index contributed by atoms with van der Waals surface area (Å²) in [6, 6.07) is 0. The number of piperazine rings is 1. The molecule has 0 saturated carbocycles. The zero-order valence-electron chi connectivity index (χ0n) is 18.3. The maximum Gasteiger partial charge on any atom is 0.425 e. The fraction of sp³-hybridized carbons (Fsp3) is 0.550. The van der Waals surface area contributed by atoms with Crippen LogP contribution in [0.15, 0.2) is 23.4 Å². The van der Waals surface area contributed by atoms with Gasteiger partial charge in [0.05, 0.1) is 42.7 Å². The summed E-state index contributed by atoms with van der Waals surface area (Å²) in [6.07, 6.45) is -1.06. The Kier molecular flexibility index (Phi) is 8.67. The second-order valence-electron chi connectivity index (χ2n) is 7.47. The van der Waals surface area contributed by atoms with Crippen molar-refractivity contribution in [3.8, 4) is 5.75 Å². The van der Waals surface area contributed by atoms with Crippen molar-refractivity contribution in [3.63, 3.8) is 0 Å². The number of hydrogen-bond acceptors (Lipinski definition) is 8. The fourth-order valence-electron chi connectivity index (χ4n) is 3.32. The van der Waals surface area contributed by atoms with E-state index in [0.717, 1.165) is 6.20 Å². The number of alkyl halides is 3. The minimum Gasteiger partial charge on any atom is -0.488 e. The molecule has 186 valence electrons. The second-order valence-corrected chi connectivity index (χ2v) is 7.90. The van der Waals surface area contributed by atoms with Crippen LogP contribution in [0.1, 0.15) is 25.3 Å². The van der Waals surface area contributed by atoms with Crippen molar-refractivity contribution in [1.29, 1.82) is 0 Å². The molecule has 0 aliphatic carbocycles. The number of hydrogen-bond donors (Lipinski definition) is 1. The predicted molar refractivity (Wildman–Crippen MR) is 116 cm³/mol. The number of rotatable bonds is 9. The number of halogens is 4. The van der Waals surface area contributed by atoms with Crippen molar-refractivity contribution >= 4 is 23.5 Å². The van der Waals surface area contributed by atoms with Crippen LogP contribution in [0.4, 0.5) is 19.1 Å². The van der Waals surface area contributed by atoms with Crippen LogP contribution in [0.3, 0.4) is 0 Å². The first kappa shape index (κ1) is 25.7. The zero-order chi connectivity index (χ0) is 24.7. The third-order valence-corrected chi connectivity index (χ3v) is 5.37. The number of nitrogens with zero attached hydrogens (tertiary/aromatic N) is 5. The molecule has 1 N–H and O–H groups in total. The maximum absolute atomic E-state index is 13.1. The number of nitrogens with one attached hydrogen (secondary N) is 1. The lowest BCUT2D eigenvalue weighted by Crippen LogP contribution is -2.49. The maximum atomic E-state index is 13.1. The predicted octanol–water partition coefficient (Wildman–Crippen LogP) is 2.15. The van der Waals surface area contributed by atoms with Gasteiger partial charge in [-0.2, -0.15) is 18.3 Å². The van der Waals surface area contributed by atoms with Crippen LogP contribution in [0, 0.1) is 0 Å². The molecule has 0 spiro atoms. The molecule has 1 fully saturated rings. The van der Waals surface area contributed by atoms with E-state index < -0.39 is 29.2 Å². The molecule has 1 aliphatic heterocycles. The Bertz CT molecular complexity index is 1010. The third-order valence-electron chi connectivity index (χ3n) is 5.18. The lowest BCUT2D eigenvalue weighted by atomic mass is 10.2. The van der Waals surface area contributed by atoms with Crippen molar-refractivity contribution in [2.45, 2.75) is 32.0 Å². The van der Waals surface area contributed by atoms with E-state index in [9.17, 15) is 22.8 Å². The number of ether oxygens (including phenoxy) is 2. The largest absolute Gasteiger partial charge is 0.488 e. The van der Waals surface area contributed by atoms with Gasteiger partial charge in [0, 0.05) is 26.2 Å². The Labute approximate surface area is 198 Å². The molecule has 0 aromatic carbocycles. The van der Waals surface area contributed by atoms with Crippen molar-refractivity contribution in [3.05, 3.63) is 39.5 Å². The van der Waals surface area contributed by atoms with Gasteiger partial charge in [0.2, 0.25) is 11.9 Å². The van der Waals surface area contributed by atoms with E-state index in [2.05, 4.69) is 15.1 Å². The Morgan fingerprint density at radius 3 is 2.50 bits per heavy atom. The van der Waals surface area contributed by atoms with Crippen LogP contribution < -0.4 is 15.2 Å². The van der Waals surface area contributed by atoms with E-state index in [1.165, 1.54) is 12.4 Å². The van der Waals surface area contributed by atoms with E-state index >= 15 is 0 Å². The number of amides is 1. The number of aromatic amines is 1. The lowest BCUT2D eigenvalue weighted by molar-refractivity contribution is -0.140. The van der Waals surface area contributed by atoms with Gasteiger partial charge in [0.15, 0.2) is 11.3 Å². The van der Waals surface area contributed by atoms with E-state index in [1.807, 2.05) is 4.90 Å². The van der Waals surface area contributed by atoms with Gasteiger partial charge in [-0.1, -0.05) is 18.5 Å². The summed E-state index contributed by atoms with van der Waals surface area (Å²) in [7, 11) is 0. The normalized spacial score (nSPS) is 15.3. The van der Waals surface area contributed by atoms with Crippen molar-refractivity contribution in [2.75, 3.05) is 44.3 Å². The molecule has 1 aliphatic rings. The topological polar surface area (TPSA) is 114 Å². The molecular weight excluding hydrogens is 481 g/mol. The van der Waals surface area contributed by atoms with E-state index in [1.54, 1.807) is 16.9 Å². The van der Waals surface area contributed by atoms with Crippen LogP contribution in [0.5, 0.6) is 5.75 Å². The molecule has 3 heterocycles. The van der Waals surface area contributed by atoms with Crippen LogP contribution in [0.2, 0.25) is 5.02 Å². The minimum absolute atomic E-state index is 0.0843. The highest BCUT2D eigenvalue weighted by molar-refractivity contribution is 6.30. The highest BCUT2D eigenvalue weighted by Crippen LogP contribution is 2.32. The van der Waals surface area contributed by atoms with E-state index in [-0.39, 0.29) is 25.5 Å². The molecule has 14 heteroatoms.